The number of methoxy groups -OCH3 is 2. The maximum absolute atomic E-state index is 12.8. The van der Waals surface area contributed by atoms with Crippen molar-refractivity contribution in [3.05, 3.63) is 53.7 Å². The van der Waals surface area contributed by atoms with Gasteiger partial charge in [-0.3, -0.25) is 9.78 Å². The fourth-order valence-electron chi connectivity index (χ4n) is 4.42. The van der Waals surface area contributed by atoms with E-state index in [2.05, 4.69) is 0 Å². The van der Waals surface area contributed by atoms with Crippen LogP contribution in [0.1, 0.15) is 36.9 Å². The monoisotopic (exact) mass is 449 g/mol. The number of nitrogens with zero attached hydrogens (tertiary/aromatic N) is 2. The number of benzene rings is 2. The van der Waals surface area contributed by atoms with Gasteiger partial charge >= 0.3 is 0 Å². The van der Waals surface area contributed by atoms with Crippen molar-refractivity contribution < 1.29 is 19.0 Å². The van der Waals surface area contributed by atoms with E-state index in [4.69, 9.17) is 24.9 Å². The van der Waals surface area contributed by atoms with E-state index in [0.29, 0.717) is 43.3 Å². The van der Waals surface area contributed by atoms with E-state index in [-0.39, 0.29) is 11.8 Å². The van der Waals surface area contributed by atoms with E-state index < -0.39 is 0 Å². The van der Waals surface area contributed by atoms with Gasteiger partial charge in [-0.05, 0) is 49.6 Å². The average molecular weight is 450 g/mol. The first-order chi connectivity index (χ1) is 16.0. The number of anilines is 1. The summed E-state index contributed by atoms with van der Waals surface area (Å²) in [5, 5.41) is 0.914. The van der Waals surface area contributed by atoms with Gasteiger partial charge in [0.25, 0.3) is 0 Å². The summed E-state index contributed by atoms with van der Waals surface area (Å²) < 4.78 is 16.3. The van der Waals surface area contributed by atoms with Crippen LogP contribution in [0, 0.1) is 0 Å². The number of piperidine rings is 1. The Hall–Kier alpha value is -3.48. The zero-order valence-corrected chi connectivity index (χ0v) is 19.5. The summed E-state index contributed by atoms with van der Waals surface area (Å²) in [7, 11) is 3.22. The van der Waals surface area contributed by atoms with E-state index in [1.807, 2.05) is 54.3 Å². The minimum absolute atomic E-state index is 0.147. The first-order valence-electron chi connectivity index (χ1n) is 11.3. The molecule has 0 bridgehead atoms. The Bertz CT molecular complexity index is 1120. The topological polar surface area (TPSA) is 86.9 Å². The Labute approximate surface area is 194 Å². The first kappa shape index (κ1) is 22.7. The Morgan fingerprint density at radius 3 is 2.36 bits per heavy atom. The number of amides is 1. The normalized spacial score (nSPS) is 14.3. The molecule has 174 valence electrons. The lowest BCUT2D eigenvalue weighted by molar-refractivity contribution is -0.131. The molecule has 2 heterocycles. The van der Waals surface area contributed by atoms with Gasteiger partial charge in [0, 0.05) is 30.5 Å². The molecule has 1 saturated heterocycles. The number of carbonyl (C=O) groups excluding carboxylic acids is 1. The van der Waals surface area contributed by atoms with E-state index >= 15 is 0 Å². The lowest BCUT2D eigenvalue weighted by Gasteiger charge is -2.32. The van der Waals surface area contributed by atoms with Crippen molar-refractivity contribution in [2.75, 3.05) is 39.6 Å². The molecule has 0 unspecified atom stereocenters. The Kier molecular flexibility index (Phi) is 6.87. The van der Waals surface area contributed by atoms with Crippen molar-refractivity contribution in [1.82, 2.24) is 9.88 Å². The number of carbonyl (C=O) groups is 1. The third-order valence-corrected chi connectivity index (χ3v) is 6.20. The number of aromatic nitrogens is 1. The maximum atomic E-state index is 12.8. The van der Waals surface area contributed by atoms with Crippen molar-refractivity contribution in [2.24, 2.45) is 0 Å². The molecule has 2 aromatic carbocycles. The van der Waals surface area contributed by atoms with Crippen LogP contribution in [0.25, 0.3) is 10.9 Å². The molecular formula is C26H31N3O4. The minimum Gasteiger partial charge on any atom is -0.494 e. The van der Waals surface area contributed by atoms with Gasteiger partial charge in [-0.2, -0.15) is 0 Å². The van der Waals surface area contributed by atoms with Gasteiger partial charge in [0.15, 0.2) is 11.5 Å². The van der Waals surface area contributed by atoms with Gasteiger partial charge < -0.3 is 24.8 Å². The predicted octanol–water partition coefficient (Wildman–Crippen LogP) is 4.18. The van der Waals surface area contributed by atoms with Crippen LogP contribution < -0.4 is 19.9 Å². The molecular weight excluding hydrogens is 418 g/mol. The van der Waals surface area contributed by atoms with Crippen molar-refractivity contribution >= 4 is 22.5 Å². The number of nitrogens with two attached hydrogens (primary N) is 1. The van der Waals surface area contributed by atoms with Gasteiger partial charge in [-0.25, -0.2) is 0 Å². The average Bonchev–Trinajstić information content (AvgIpc) is 2.84. The summed E-state index contributed by atoms with van der Waals surface area (Å²) >= 11 is 0. The minimum atomic E-state index is 0.147. The second-order valence-electron chi connectivity index (χ2n) is 8.27. The van der Waals surface area contributed by atoms with E-state index in [0.717, 1.165) is 40.8 Å². The molecule has 0 saturated carbocycles. The second kappa shape index (κ2) is 9.98. The number of hydrogen-bond acceptors (Lipinski definition) is 6. The predicted molar refractivity (Wildman–Crippen MR) is 129 cm³/mol. The van der Waals surface area contributed by atoms with Crippen LogP contribution in [0.15, 0.2) is 42.5 Å². The molecule has 1 aromatic heterocycles. The highest BCUT2D eigenvalue weighted by molar-refractivity contribution is 5.86. The Balaban J connectivity index is 1.42. The highest BCUT2D eigenvalue weighted by Gasteiger charge is 2.26. The van der Waals surface area contributed by atoms with Crippen molar-refractivity contribution in [3.8, 4) is 17.2 Å². The summed E-state index contributed by atoms with van der Waals surface area (Å²) in [6, 6.07) is 13.5. The zero-order chi connectivity index (χ0) is 23.4. The largest absolute Gasteiger partial charge is 0.494 e. The molecule has 33 heavy (non-hydrogen) atoms. The van der Waals surface area contributed by atoms with Crippen LogP contribution in [0.4, 0.5) is 5.69 Å². The van der Waals surface area contributed by atoms with Crippen LogP contribution in [0.2, 0.25) is 0 Å². The summed E-state index contributed by atoms with van der Waals surface area (Å²) in [5.41, 5.74) is 9.78. The molecule has 1 aliphatic rings. The zero-order valence-electron chi connectivity index (χ0n) is 19.5. The number of likely N-dealkylation sites (tertiary alicyclic amines) is 1. The van der Waals surface area contributed by atoms with Crippen LogP contribution in [0.5, 0.6) is 17.2 Å². The number of fused-ring (bicyclic) bond motifs is 1. The lowest BCUT2D eigenvalue weighted by Crippen LogP contribution is -2.39. The fraction of sp³-hybridized carbons (Fsp3) is 0.385. The van der Waals surface area contributed by atoms with Gasteiger partial charge in [-0.1, -0.05) is 12.1 Å². The number of nitrogen functional groups attached to an aromatic ring is 1. The molecule has 1 amide bonds. The molecule has 7 heteroatoms. The maximum Gasteiger partial charge on any atom is 0.226 e. The molecule has 1 fully saturated rings. The van der Waals surface area contributed by atoms with E-state index in [9.17, 15) is 4.79 Å². The molecule has 0 atom stereocenters. The number of rotatable bonds is 7. The Morgan fingerprint density at radius 1 is 1.06 bits per heavy atom. The number of pyridine rings is 1. The second-order valence-corrected chi connectivity index (χ2v) is 8.27. The standard InChI is InChI=1S/C26H31N3O4/c1-4-33-20-7-5-17(6-8-20)13-25(30)29-11-9-18(10-12-29)26-21(27)14-19-15-23(31-2)24(32-3)16-22(19)28-26/h5-8,14-16,18H,4,9-13,27H2,1-3H3. The summed E-state index contributed by atoms with van der Waals surface area (Å²) in [5.74, 6) is 2.48. The number of hydrogen-bond donors (Lipinski definition) is 1. The third-order valence-electron chi connectivity index (χ3n) is 6.20. The van der Waals surface area contributed by atoms with E-state index in [1.165, 1.54) is 0 Å². The van der Waals surface area contributed by atoms with Crippen LogP contribution in [-0.4, -0.2) is 49.7 Å². The van der Waals surface area contributed by atoms with Crippen LogP contribution in [0.3, 0.4) is 0 Å². The third kappa shape index (κ3) is 4.97. The SMILES string of the molecule is CCOc1ccc(CC(=O)N2CCC(c3nc4cc(OC)c(OC)cc4cc3N)CC2)cc1. The van der Waals surface area contributed by atoms with Crippen LogP contribution >= 0.6 is 0 Å². The summed E-state index contributed by atoms with van der Waals surface area (Å²) in [6.07, 6.45) is 2.07. The Morgan fingerprint density at radius 2 is 1.73 bits per heavy atom. The van der Waals surface area contributed by atoms with Gasteiger partial charge in [0.05, 0.1) is 44.1 Å². The van der Waals surface area contributed by atoms with Crippen LogP contribution in [-0.2, 0) is 11.2 Å². The van der Waals surface area contributed by atoms with Crippen molar-refractivity contribution in [2.45, 2.75) is 32.1 Å². The van der Waals surface area contributed by atoms with Gasteiger partial charge in [0.2, 0.25) is 5.91 Å². The quantitative estimate of drug-likeness (QED) is 0.582. The molecule has 1 aliphatic heterocycles. The number of ether oxygens (including phenoxy) is 3. The molecule has 7 nitrogen and oxygen atoms in total. The molecule has 4 rings (SSSR count). The van der Waals surface area contributed by atoms with Gasteiger partial charge in [-0.15, -0.1) is 0 Å². The lowest BCUT2D eigenvalue weighted by atomic mass is 9.91. The highest BCUT2D eigenvalue weighted by Crippen LogP contribution is 2.36. The molecule has 2 N–H and O–H groups in total. The van der Waals surface area contributed by atoms with Crippen molar-refractivity contribution in [3.63, 3.8) is 0 Å². The summed E-state index contributed by atoms with van der Waals surface area (Å²) in [6.45, 7) is 3.99. The highest BCUT2D eigenvalue weighted by atomic mass is 16.5. The fourth-order valence-corrected chi connectivity index (χ4v) is 4.42. The molecule has 3 aromatic rings. The molecule has 0 radical (unpaired) electrons. The van der Waals surface area contributed by atoms with Gasteiger partial charge in [0.1, 0.15) is 5.75 Å². The molecule has 0 aliphatic carbocycles. The van der Waals surface area contributed by atoms with E-state index in [1.54, 1.807) is 14.2 Å². The molecule has 0 spiro atoms. The smallest absolute Gasteiger partial charge is 0.226 e. The summed E-state index contributed by atoms with van der Waals surface area (Å²) in [4.78, 5) is 19.6. The first-order valence-corrected chi connectivity index (χ1v) is 11.3. The van der Waals surface area contributed by atoms with Crippen molar-refractivity contribution in [1.29, 1.82) is 0 Å².